The van der Waals surface area contributed by atoms with Gasteiger partial charge < -0.3 is 25.4 Å². The molecule has 1 unspecified atom stereocenters. The third kappa shape index (κ3) is 7.07. The molecule has 29 heavy (non-hydrogen) atoms. The Labute approximate surface area is 195 Å². The quantitative estimate of drug-likeness (QED) is 0.214. The fourth-order valence-corrected chi connectivity index (χ4v) is 3.08. The zero-order valence-corrected chi connectivity index (χ0v) is 19.9. The highest BCUT2D eigenvalue weighted by molar-refractivity contribution is 14.0. The summed E-state index contributed by atoms with van der Waals surface area (Å²) in [4.78, 5) is 16.3. The van der Waals surface area contributed by atoms with Gasteiger partial charge in [-0.25, -0.2) is 0 Å². The lowest BCUT2D eigenvalue weighted by Gasteiger charge is -2.27. The molecule has 0 aliphatic carbocycles. The Hall–Kier alpha value is -2.01. The highest BCUT2D eigenvalue weighted by Gasteiger charge is 2.20. The second-order valence-electron chi connectivity index (χ2n) is 6.14. The number of para-hydroxylation sites is 2. The number of amides is 1. The molecule has 2 aromatic rings. The van der Waals surface area contributed by atoms with Gasteiger partial charge in [-0.05, 0) is 30.3 Å². The Morgan fingerprint density at radius 1 is 1.10 bits per heavy atom. The van der Waals surface area contributed by atoms with E-state index < -0.39 is 0 Å². The number of hydrogen-bond donors (Lipinski definition) is 3. The third-order valence-electron chi connectivity index (χ3n) is 4.08. The number of nitrogens with zero attached hydrogens (tertiary/aromatic N) is 1. The molecule has 1 amide bonds. The van der Waals surface area contributed by atoms with Gasteiger partial charge in [-0.1, -0.05) is 34.1 Å². The third-order valence-corrected chi connectivity index (χ3v) is 4.57. The summed E-state index contributed by atoms with van der Waals surface area (Å²) in [6, 6.07) is 14.9. The first-order valence-corrected chi connectivity index (χ1v) is 9.82. The number of guanidine groups is 1. The Morgan fingerprint density at radius 3 is 2.62 bits per heavy atom. The summed E-state index contributed by atoms with van der Waals surface area (Å²) in [6.45, 7) is 2.05. The zero-order valence-electron chi connectivity index (χ0n) is 16.0. The van der Waals surface area contributed by atoms with Gasteiger partial charge in [-0.2, -0.15) is 0 Å². The van der Waals surface area contributed by atoms with Crippen LogP contribution in [0.2, 0.25) is 0 Å². The van der Waals surface area contributed by atoms with Crippen molar-refractivity contribution in [3.63, 3.8) is 0 Å². The van der Waals surface area contributed by atoms with Gasteiger partial charge in [0.2, 0.25) is 0 Å². The highest BCUT2D eigenvalue weighted by Crippen LogP contribution is 2.30. The monoisotopic (exact) mass is 574 g/mol. The maximum atomic E-state index is 12.1. The van der Waals surface area contributed by atoms with Crippen molar-refractivity contribution in [1.29, 1.82) is 0 Å². The van der Waals surface area contributed by atoms with Gasteiger partial charge in [0.1, 0.15) is 12.7 Å². The molecule has 1 heterocycles. The molecule has 7 nitrogen and oxygen atoms in total. The van der Waals surface area contributed by atoms with E-state index in [9.17, 15) is 4.79 Å². The maximum absolute atomic E-state index is 12.1. The maximum Gasteiger partial charge on any atom is 0.251 e. The minimum absolute atomic E-state index is 0. The minimum atomic E-state index is -0.113. The molecule has 1 aliphatic heterocycles. The highest BCUT2D eigenvalue weighted by atomic mass is 127. The van der Waals surface area contributed by atoms with Crippen molar-refractivity contribution in [3.05, 3.63) is 58.6 Å². The molecule has 1 aliphatic rings. The molecule has 0 radical (unpaired) electrons. The number of benzene rings is 2. The van der Waals surface area contributed by atoms with E-state index in [1.807, 2.05) is 36.4 Å². The van der Waals surface area contributed by atoms with Gasteiger partial charge in [0.15, 0.2) is 17.5 Å². The lowest BCUT2D eigenvalue weighted by atomic mass is 10.2. The molecule has 1 atom stereocenters. The number of carbonyl (C=O) groups is 1. The number of hydrogen-bond acceptors (Lipinski definition) is 4. The van der Waals surface area contributed by atoms with Crippen molar-refractivity contribution in [3.8, 4) is 11.5 Å². The normalized spacial score (nSPS) is 15.1. The van der Waals surface area contributed by atoms with Crippen LogP contribution in [0.4, 0.5) is 0 Å². The van der Waals surface area contributed by atoms with Crippen LogP contribution in [0.5, 0.6) is 11.5 Å². The molecule has 2 aromatic carbocycles. The van der Waals surface area contributed by atoms with Gasteiger partial charge in [0.25, 0.3) is 5.91 Å². The zero-order chi connectivity index (χ0) is 19.8. The molecule has 3 rings (SSSR count). The van der Waals surface area contributed by atoms with Crippen LogP contribution < -0.4 is 25.4 Å². The number of nitrogens with one attached hydrogen (secondary N) is 3. The number of aliphatic imine (C=N–C) groups is 1. The molecule has 0 aromatic heterocycles. The molecule has 156 valence electrons. The summed E-state index contributed by atoms with van der Waals surface area (Å²) in [7, 11) is 1.70. The molecular formula is C20H24BrIN4O3. The largest absolute Gasteiger partial charge is 0.486 e. The van der Waals surface area contributed by atoms with Crippen LogP contribution in [0, 0.1) is 0 Å². The van der Waals surface area contributed by atoms with Crippen LogP contribution in [0.1, 0.15) is 10.4 Å². The summed E-state index contributed by atoms with van der Waals surface area (Å²) in [5, 5.41) is 9.25. The van der Waals surface area contributed by atoms with Crippen LogP contribution in [0.3, 0.4) is 0 Å². The molecule has 9 heteroatoms. The van der Waals surface area contributed by atoms with E-state index >= 15 is 0 Å². The lowest BCUT2D eigenvalue weighted by molar-refractivity contribution is 0.0936. The van der Waals surface area contributed by atoms with E-state index in [1.165, 1.54) is 0 Å². The van der Waals surface area contributed by atoms with Crippen LogP contribution >= 0.6 is 39.9 Å². The Balaban J connectivity index is 0.00000300. The predicted molar refractivity (Wildman–Crippen MR) is 128 cm³/mol. The number of fused-ring (bicyclic) bond motifs is 1. The van der Waals surface area contributed by atoms with Gasteiger partial charge in [0.05, 0.1) is 6.54 Å². The summed E-state index contributed by atoms with van der Waals surface area (Å²) in [5.41, 5.74) is 0.617. The van der Waals surface area contributed by atoms with Crippen molar-refractivity contribution in [2.75, 3.05) is 33.3 Å². The van der Waals surface area contributed by atoms with E-state index in [4.69, 9.17) is 9.47 Å². The smallest absolute Gasteiger partial charge is 0.251 e. The number of ether oxygens (including phenoxy) is 2. The molecule has 0 fully saturated rings. The first kappa shape index (κ1) is 23.3. The van der Waals surface area contributed by atoms with E-state index in [0.717, 1.165) is 16.0 Å². The Kier molecular flexibility index (Phi) is 9.52. The minimum Gasteiger partial charge on any atom is -0.486 e. The topological polar surface area (TPSA) is 84.0 Å². The molecule has 0 saturated heterocycles. The first-order chi connectivity index (χ1) is 13.7. The number of rotatable bonds is 6. The second kappa shape index (κ2) is 11.9. The van der Waals surface area contributed by atoms with Crippen molar-refractivity contribution in [2.24, 2.45) is 4.99 Å². The average molecular weight is 575 g/mol. The van der Waals surface area contributed by atoms with Gasteiger partial charge in [-0.3, -0.25) is 9.79 Å². The first-order valence-electron chi connectivity index (χ1n) is 9.02. The predicted octanol–water partition coefficient (Wildman–Crippen LogP) is 2.80. The summed E-state index contributed by atoms with van der Waals surface area (Å²) < 4.78 is 12.5. The van der Waals surface area contributed by atoms with Crippen LogP contribution in [0.15, 0.2) is 58.0 Å². The molecule has 0 spiro atoms. The second-order valence-corrected chi connectivity index (χ2v) is 7.06. The van der Waals surface area contributed by atoms with E-state index in [0.29, 0.717) is 37.8 Å². The van der Waals surface area contributed by atoms with Crippen LogP contribution in [-0.2, 0) is 0 Å². The molecule has 3 N–H and O–H groups in total. The fourth-order valence-electron chi connectivity index (χ4n) is 2.68. The molecule has 0 saturated carbocycles. The van der Waals surface area contributed by atoms with Crippen molar-refractivity contribution in [1.82, 2.24) is 16.0 Å². The van der Waals surface area contributed by atoms with Gasteiger partial charge >= 0.3 is 0 Å². The van der Waals surface area contributed by atoms with Crippen molar-refractivity contribution < 1.29 is 14.3 Å². The summed E-state index contributed by atoms with van der Waals surface area (Å²) >= 11 is 3.36. The van der Waals surface area contributed by atoms with E-state index in [1.54, 1.807) is 19.2 Å². The molecule has 0 bridgehead atoms. The Morgan fingerprint density at radius 2 is 1.86 bits per heavy atom. The standard InChI is InChI=1S/C20H23BrN4O3.HI/c1-22-20(24-10-9-23-19(26)14-5-4-6-15(21)11-14)25-12-16-13-27-17-7-2-3-8-18(17)28-16;/h2-8,11,16H,9-10,12-13H2,1H3,(H,23,26)(H2,22,24,25);1H. The van der Waals surface area contributed by atoms with Crippen molar-refractivity contribution >= 4 is 51.8 Å². The van der Waals surface area contributed by atoms with Gasteiger partial charge in [-0.15, -0.1) is 24.0 Å². The van der Waals surface area contributed by atoms with E-state index in [-0.39, 0.29) is 36.0 Å². The van der Waals surface area contributed by atoms with Crippen LogP contribution in [-0.4, -0.2) is 51.3 Å². The fraction of sp³-hybridized carbons (Fsp3) is 0.300. The average Bonchev–Trinajstić information content (AvgIpc) is 2.73. The summed E-state index contributed by atoms with van der Waals surface area (Å²) in [5.74, 6) is 2.04. The van der Waals surface area contributed by atoms with E-state index in [2.05, 4.69) is 36.9 Å². The van der Waals surface area contributed by atoms with Crippen LogP contribution in [0.25, 0.3) is 0 Å². The number of carbonyl (C=O) groups excluding carboxylic acids is 1. The Bertz CT molecular complexity index is 850. The molecular weight excluding hydrogens is 551 g/mol. The number of halogens is 2. The lowest BCUT2D eigenvalue weighted by Crippen LogP contribution is -2.46. The summed E-state index contributed by atoms with van der Waals surface area (Å²) in [6.07, 6.45) is -0.107. The van der Waals surface area contributed by atoms with Gasteiger partial charge in [0, 0.05) is 30.2 Å². The van der Waals surface area contributed by atoms with Crippen molar-refractivity contribution in [2.45, 2.75) is 6.10 Å². The SMILES string of the molecule is CN=C(NCCNC(=O)c1cccc(Br)c1)NCC1COc2ccccc2O1.I.